The summed E-state index contributed by atoms with van der Waals surface area (Å²) in [6.45, 7) is 1.76. The first-order chi connectivity index (χ1) is 14.9. The van der Waals surface area contributed by atoms with Gasteiger partial charge >= 0.3 is 5.97 Å². The number of hydrogen-bond donors (Lipinski definition) is 0. The number of thioether (sulfide) groups is 1. The van der Waals surface area contributed by atoms with Crippen LogP contribution in [-0.4, -0.2) is 23.9 Å². The molecule has 31 heavy (non-hydrogen) atoms. The van der Waals surface area contributed by atoms with Crippen molar-refractivity contribution in [1.29, 1.82) is 0 Å². The number of benzene rings is 2. The Morgan fingerprint density at radius 1 is 1.23 bits per heavy atom. The number of hydrogen-bond acceptors (Lipinski definition) is 6. The molecule has 0 fully saturated rings. The van der Waals surface area contributed by atoms with Crippen molar-refractivity contribution in [3.8, 4) is 0 Å². The van der Waals surface area contributed by atoms with Gasteiger partial charge in [0, 0.05) is 9.92 Å². The Bertz CT molecular complexity index is 1370. The van der Waals surface area contributed by atoms with Crippen LogP contribution in [0.25, 0.3) is 6.08 Å². The summed E-state index contributed by atoms with van der Waals surface area (Å²) < 4.78 is 7.10. The summed E-state index contributed by atoms with van der Waals surface area (Å²) in [6, 6.07) is 14.5. The lowest BCUT2D eigenvalue weighted by atomic mass is 9.96. The van der Waals surface area contributed by atoms with E-state index >= 15 is 0 Å². The first-order valence-corrected chi connectivity index (χ1v) is 11.9. The molecule has 1 aliphatic heterocycles. The van der Waals surface area contributed by atoms with Crippen molar-refractivity contribution in [2.24, 2.45) is 4.99 Å². The van der Waals surface area contributed by atoms with Crippen LogP contribution in [0.4, 0.5) is 0 Å². The molecule has 1 aromatic heterocycles. The summed E-state index contributed by atoms with van der Waals surface area (Å²) in [5.74, 6) is -0.499. The van der Waals surface area contributed by atoms with Crippen LogP contribution in [0, 0.1) is 0 Å². The first-order valence-electron chi connectivity index (χ1n) is 9.44. The van der Waals surface area contributed by atoms with Crippen LogP contribution in [0.5, 0.6) is 0 Å². The maximum absolute atomic E-state index is 13.5. The fourth-order valence-corrected chi connectivity index (χ4v) is 5.16. The molecule has 0 saturated carbocycles. The number of halogens is 1. The Kier molecular flexibility index (Phi) is 6.18. The highest BCUT2D eigenvalue weighted by atomic mass is 35.5. The molecule has 1 aliphatic rings. The Balaban J connectivity index is 1.97. The zero-order chi connectivity index (χ0) is 22.1. The fraction of sp³-hybridized carbons (Fsp3) is 0.174. The van der Waals surface area contributed by atoms with Crippen molar-refractivity contribution in [3.63, 3.8) is 0 Å². The largest absolute Gasteiger partial charge is 0.466 e. The first kappa shape index (κ1) is 21.6. The second kappa shape index (κ2) is 8.86. The van der Waals surface area contributed by atoms with Crippen LogP contribution in [0.3, 0.4) is 0 Å². The smallest absolute Gasteiger partial charge is 0.338 e. The molecular weight excluding hydrogens is 452 g/mol. The average molecular weight is 471 g/mol. The maximum Gasteiger partial charge on any atom is 0.338 e. The number of fused-ring (bicyclic) bond motifs is 1. The Morgan fingerprint density at radius 3 is 2.58 bits per heavy atom. The molecule has 8 heteroatoms. The Hall–Kier alpha value is -2.61. The number of nitrogens with zero attached hydrogens (tertiary/aromatic N) is 2. The molecule has 2 aromatic carbocycles. The van der Waals surface area contributed by atoms with Gasteiger partial charge in [-0.25, -0.2) is 9.79 Å². The molecule has 0 spiro atoms. The van der Waals surface area contributed by atoms with Crippen LogP contribution in [0.2, 0.25) is 5.02 Å². The highest BCUT2D eigenvalue weighted by Gasteiger charge is 2.33. The van der Waals surface area contributed by atoms with Crippen LogP contribution in [0.1, 0.15) is 24.1 Å². The van der Waals surface area contributed by atoms with Crippen LogP contribution in [-0.2, 0) is 9.53 Å². The van der Waals surface area contributed by atoms with Crippen LogP contribution >= 0.6 is 34.7 Å². The summed E-state index contributed by atoms with van der Waals surface area (Å²) in [6.07, 6.45) is 3.76. The molecule has 0 N–H and O–H groups in total. The summed E-state index contributed by atoms with van der Waals surface area (Å²) >= 11 is 9.18. The van der Waals surface area contributed by atoms with Crippen LogP contribution < -0.4 is 14.9 Å². The topological polar surface area (TPSA) is 60.7 Å². The standard InChI is InChI=1S/C23H19ClN2O3S2/c1-13-19(22(28)29-2)20(14-8-10-16(30-3)11-9-14)26-21(27)18(31-23(26)25-13)12-15-6-4-5-7-17(15)24/h4-12,20H,1-3H3/b18-12+/t20-/m1/s1. The Morgan fingerprint density at radius 2 is 1.94 bits per heavy atom. The van der Waals surface area contributed by atoms with Gasteiger partial charge in [0.2, 0.25) is 0 Å². The average Bonchev–Trinajstić information content (AvgIpc) is 3.08. The van der Waals surface area contributed by atoms with E-state index in [0.717, 1.165) is 16.0 Å². The summed E-state index contributed by atoms with van der Waals surface area (Å²) in [4.78, 5) is 32.3. The van der Waals surface area contributed by atoms with Gasteiger partial charge in [-0.3, -0.25) is 9.36 Å². The van der Waals surface area contributed by atoms with E-state index in [4.69, 9.17) is 16.3 Å². The lowest BCUT2D eigenvalue weighted by Crippen LogP contribution is -2.39. The molecule has 0 bridgehead atoms. The van der Waals surface area contributed by atoms with Crippen molar-refractivity contribution < 1.29 is 9.53 Å². The molecule has 158 valence electrons. The number of carbonyl (C=O) groups excluding carboxylic acids is 1. The third kappa shape index (κ3) is 4.01. The predicted molar refractivity (Wildman–Crippen MR) is 125 cm³/mol. The molecule has 0 aliphatic carbocycles. The monoisotopic (exact) mass is 470 g/mol. The van der Waals surface area contributed by atoms with E-state index in [2.05, 4.69) is 4.99 Å². The number of ether oxygens (including phenoxy) is 1. The number of allylic oxidation sites excluding steroid dienone is 1. The van der Waals surface area contributed by atoms with E-state index in [1.165, 1.54) is 18.4 Å². The molecule has 3 aromatic rings. The normalized spacial score (nSPS) is 16.1. The second-order valence-electron chi connectivity index (χ2n) is 6.87. The molecule has 2 heterocycles. The van der Waals surface area contributed by atoms with E-state index in [1.807, 2.05) is 48.7 Å². The predicted octanol–water partition coefficient (Wildman–Crippen LogP) is 3.78. The third-order valence-corrected chi connectivity index (χ3v) is 7.12. The molecule has 0 unspecified atom stereocenters. The number of thiazole rings is 1. The summed E-state index contributed by atoms with van der Waals surface area (Å²) in [5, 5.41) is 0.559. The van der Waals surface area contributed by atoms with E-state index in [1.54, 1.807) is 35.4 Å². The second-order valence-corrected chi connectivity index (χ2v) is 9.16. The molecule has 0 radical (unpaired) electrons. The number of esters is 1. The number of aromatic nitrogens is 1. The van der Waals surface area contributed by atoms with Gasteiger partial charge in [-0.05, 0) is 48.6 Å². The van der Waals surface area contributed by atoms with E-state index in [0.29, 0.717) is 25.6 Å². The highest BCUT2D eigenvalue weighted by Crippen LogP contribution is 2.31. The van der Waals surface area contributed by atoms with E-state index in [-0.39, 0.29) is 5.56 Å². The minimum absolute atomic E-state index is 0.225. The summed E-state index contributed by atoms with van der Waals surface area (Å²) in [5.41, 5.74) is 2.24. The molecule has 1 atom stereocenters. The highest BCUT2D eigenvalue weighted by molar-refractivity contribution is 7.98. The zero-order valence-electron chi connectivity index (χ0n) is 17.1. The minimum atomic E-state index is -0.618. The van der Waals surface area contributed by atoms with Gasteiger partial charge < -0.3 is 4.74 Å². The lowest BCUT2D eigenvalue weighted by molar-refractivity contribution is -0.136. The van der Waals surface area contributed by atoms with Crippen molar-refractivity contribution in [1.82, 2.24) is 4.57 Å². The maximum atomic E-state index is 13.5. The van der Waals surface area contributed by atoms with E-state index in [9.17, 15) is 9.59 Å². The van der Waals surface area contributed by atoms with Gasteiger partial charge in [0.05, 0.1) is 29.0 Å². The number of methoxy groups -OCH3 is 1. The van der Waals surface area contributed by atoms with Gasteiger partial charge in [-0.15, -0.1) is 11.8 Å². The zero-order valence-corrected chi connectivity index (χ0v) is 19.5. The minimum Gasteiger partial charge on any atom is -0.466 e. The van der Waals surface area contributed by atoms with Gasteiger partial charge in [0.15, 0.2) is 4.80 Å². The van der Waals surface area contributed by atoms with Gasteiger partial charge in [0.1, 0.15) is 0 Å². The molecule has 5 nitrogen and oxygen atoms in total. The van der Waals surface area contributed by atoms with Crippen molar-refractivity contribution in [2.75, 3.05) is 13.4 Å². The lowest BCUT2D eigenvalue weighted by Gasteiger charge is -2.24. The van der Waals surface area contributed by atoms with E-state index < -0.39 is 12.0 Å². The summed E-state index contributed by atoms with van der Waals surface area (Å²) in [7, 11) is 1.33. The van der Waals surface area contributed by atoms with Gasteiger partial charge in [-0.2, -0.15) is 0 Å². The quantitative estimate of drug-likeness (QED) is 0.430. The number of carbonyl (C=O) groups is 1. The third-order valence-electron chi connectivity index (χ3n) is 5.05. The number of rotatable bonds is 4. The molecule has 0 amide bonds. The Labute approximate surface area is 192 Å². The van der Waals surface area contributed by atoms with Crippen molar-refractivity contribution in [2.45, 2.75) is 17.9 Å². The van der Waals surface area contributed by atoms with Crippen molar-refractivity contribution in [3.05, 3.63) is 95.6 Å². The SMILES string of the molecule is COC(=O)C1=C(C)N=c2s/c(=C/c3ccccc3Cl)c(=O)n2[C@@H]1c1ccc(SC)cc1. The molecule has 4 rings (SSSR count). The van der Waals surface area contributed by atoms with Crippen LogP contribution in [0.15, 0.2) is 74.5 Å². The molecule has 0 saturated heterocycles. The molecular formula is C23H19ClN2O3S2. The van der Waals surface area contributed by atoms with Gasteiger partial charge in [-0.1, -0.05) is 53.3 Å². The fourth-order valence-electron chi connectivity index (χ4n) is 3.53. The van der Waals surface area contributed by atoms with Gasteiger partial charge in [0.25, 0.3) is 5.56 Å². The van der Waals surface area contributed by atoms with Crippen molar-refractivity contribution >= 4 is 46.7 Å².